The third-order valence-corrected chi connectivity index (χ3v) is 12.3. The molecule has 6 rings (SSSR count). The second-order valence-corrected chi connectivity index (χ2v) is 17.0. The minimum atomic E-state index is -1.53. The van der Waals surface area contributed by atoms with Gasteiger partial charge in [0, 0.05) is 17.8 Å². The zero-order valence-electron chi connectivity index (χ0n) is 36.5. The van der Waals surface area contributed by atoms with E-state index in [0.717, 1.165) is 26.2 Å². The molecular formula is C43H43N5O18S. The number of nitrogens with zero attached hydrogens (tertiary/aromatic N) is 3. The van der Waals surface area contributed by atoms with Gasteiger partial charge in [-0.25, -0.2) is 28.5 Å². The van der Waals surface area contributed by atoms with Crippen molar-refractivity contribution < 1.29 is 76.3 Å². The normalized spacial score (nSPS) is 17.7. The summed E-state index contributed by atoms with van der Waals surface area (Å²) in [4.78, 5) is 134. The number of carboxylic acids is 1. The molecule has 0 aliphatic carbocycles. The highest BCUT2D eigenvalue weighted by Crippen LogP contribution is 2.51. The van der Waals surface area contributed by atoms with Gasteiger partial charge in [0.25, 0.3) is 11.5 Å². The summed E-state index contributed by atoms with van der Waals surface area (Å²) < 4.78 is 34.2. The smallest absolute Gasteiger partial charge is 0.480 e. The summed E-state index contributed by atoms with van der Waals surface area (Å²) in [5.41, 5.74) is -1.41. The third-order valence-electron chi connectivity index (χ3n) is 10.7. The second kappa shape index (κ2) is 20.1. The molecule has 354 valence electrons. The summed E-state index contributed by atoms with van der Waals surface area (Å²) in [7, 11) is 3.03. The van der Waals surface area contributed by atoms with E-state index in [0.29, 0.717) is 4.57 Å². The third kappa shape index (κ3) is 10.0. The molecule has 2 unspecified atom stereocenters. The number of nitrogens with one attached hydrogen (secondary N) is 2. The standard InChI is InChI=1S/C43H43N5O18S/c1-21(32(49)44-27(22-13-8-7-9-14-22)33(50)45-28-36(53)48-31(38(54)55)43(2,3)67-37(28)48)46(34(51)24-16-11-18-26(64-41(58)61-5)30(24)66-42(59)62-6)19-12-20-47-35(52)23-15-10-17-25(63-40(57)60-4)29(23)65-39(47)56/h7-11,13-18,21,27-28,31,37H,12,19-20H2,1-6H3,(H,44,49)(H,45,50)(H,54,55)/t21?,27?,28-,31+,37-/m1/s1. The number of ether oxygens (including phenoxy) is 6. The van der Waals surface area contributed by atoms with Crippen molar-refractivity contribution in [3.63, 3.8) is 0 Å². The minimum absolute atomic E-state index is 0.160. The van der Waals surface area contributed by atoms with Gasteiger partial charge in [0.2, 0.25) is 17.7 Å². The van der Waals surface area contributed by atoms with Gasteiger partial charge in [-0.1, -0.05) is 42.5 Å². The maximum absolute atomic E-state index is 14.7. The number of aromatic nitrogens is 1. The van der Waals surface area contributed by atoms with Gasteiger partial charge in [-0.05, 0) is 57.0 Å². The predicted octanol–water partition coefficient (Wildman–Crippen LogP) is 2.80. The monoisotopic (exact) mass is 949 g/mol. The summed E-state index contributed by atoms with van der Waals surface area (Å²) >= 11 is 1.20. The van der Waals surface area contributed by atoms with Crippen LogP contribution in [0.5, 0.6) is 17.2 Å². The summed E-state index contributed by atoms with van der Waals surface area (Å²) in [6, 6.07) is 10.1. The lowest BCUT2D eigenvalue weighted by molar-refractivity contribution is -0.161. The van der Waals surface area contributed by atoms with E-state index < -0.39 is 124 Å². The highest BCUT2D eigenvalue weighted by molar-refractivity contribution is 8.01. The van der Waals surface area contributed by atoms with Crippen LogP contribution in [0.15, 0.2) is 80.7 Å². The summed E-state index contributed by atoms with van der Waals surface area (Å²) in [6.45, 7) is 3.78. The van der Waals surface area contributed by atoms with Crippen LogP contribution in [0, 0.1) is 0 Å². The van der Waals surface area contributed by atoms with Gasteiger partial charge in [0.15, 0.2) is 22.8 Å². The van der Waals surface area contributed by atoms with Crippen molar-refractivity contribution in [1.82, 2.24) is 25.0 Å². The Labute approximate surface area is 383 Å². The number of para-hydroxylation sites is 2. The highest BCUT2D eigenvalue weighted by Gasteiger charge is 2.64. The first-order valence-electron chi connectivity index (χ1n) is 20.1. The first kappa shape index (κ1) is 48.6. The molecule has 5 atom stereocenters. The van der Waals surface area contributed by atoms with Gasteiger partial charge < -0.3 is 58.4 Å². The number of fused-ring (bicyclic) bond motifs is 2. The molecule has 0 radical (unpaired) electrons. The van der Waals surface area contributed by atoms with E-state index in [1.807, 2.05) is 0 Å². The zero-order valence-corrected chi connectivity index (χ0v) is 37.3. The minimum Gasteiger partial charge on any atom is -0.480 e. The molecule has 67 heavy (non-hydrogen) atoms. The molecule has 24 heteroatoms. The number of carbonyl (C=O) groups excluding carboxylic acids is 7. The van der Waals surface area contributed by atoms with Crippen LogP contribution in [0.1, 0.15) is 49.2 Å². The molecule has 0 bridgehead atoms. The first-order chi connectivity index (χ1) is 31.8. The molecule has 4 amide bonds. The maximum Gasteiger partial charge on any atom is 0.513 e. The van der Waals surface area contributed by atoms with Crippen molar-refractivity contribution in [2.24, 2.45) is 0 Å². The fraction of sp³-hybridized carbons (Fsp3) is 0.349. The van der Waals surface area contributed by atoms with E-state index in [4.69, 9.17) is 18.6 Å². The van der Waals surface area contributed by atoms with Gasteiger partial charge in [0.05, 0.1) is 32.3 Å². The Balaban J connectivity index is 1.33. The van der Waals surface area contributed by atoms with Crippen LogP contribution < -0.4 is 36.2 Å². The van der Waals surface area contributed by atoms with E-state index in [2.05, 4.69) is 24.8 Å². The Morgan fingerprint density at radius 3 is 2.07 bits per heavy atom. The SMILES string of the molecule is COC(=O)Oc1cccc(C(=O)N(CCCn2c(=O)oc3c(OC(=O)OC)cccc3c2=O)C(C)C(=O)NC(C(=O)N[C@@H]2C(=O)N3[C@@H]2SC(C)(C)[C@@H]3C(=O)O)c2ccccc2)c1OC(=O)OC. The molecule has 2 aliphatic heterocycles. The van der Waals surface area contributed by atoms with Gasteiger partial charge in [-0.15, -0.1) is 11.8 Å². The summed E-state index contributed by atoms with van der Waals surface area (Å²) in [6.07, 6.45) is -3.98. The van der Waals surface area contributed by atoms with E-state index in [-0.39, 0.29) is 28.7 Å². The fourth-order valence-electron chi connectivity index (χ4n) is 7.45. The number of hydrogen-bond donors (Lipinski definition) is 3. The summed E-state index contributed by atoms with van der Waals surface area (Å²) in [5.74, 6) is -7.21. The predicted molar refractivity (Wildman–Crippen MR) is 230 cm³/mol. The van der Waals surface area contributed by atoms with Crippen molar-refractivity contribution in [3.8, 4) is 17.2 Å². The van der Waals surface area contributed by atoms with Crippen LogP contribution in [0.4, 0.5) is 14.4 Å². The topological polar surface area (TPSA) is 295 Å². The van der Waals surface area contributed by atoms with Crippen LogP contribution >= 0.6 is 11.8 Å². The van der Waals surface area contributed by atoms with Crippen LogP contribution in [0.25, 0.3) is 11.0 Å². The molecular weight excluding hydrogens is 907 g/mol. The van der Waals surface area contributed by atoms with Crippen LogP contribution in [-0.2, 0) is 39.9 Å². The Kier molecular flexibility index (Phi) is 14.6. The van der Waals surface area contributed by atoms with E-state index in [1.54, 1.807) is 32.0 Å². The number of benzene rings is 3. The Morgan fingerprint density at radius 1 is 0.821 bits per heavy atom. The van der Waals surface area contributed by atoms with Gasteiger partial charge >= 0.3 is 30.2 Å². The van der Waals surface area contributed by atoms with Crippen molar-refractivity contribution in [2.75, 3.05) is 27.9 Å². The van der Waals surface area contributed by atoms with Crippen molar-refractivity contribution in [2.45, 2.75) is 68.0 Å². The van der Waals surface area contributed by atoms with Crippen LogP contribution in [0.3, 0.4) is 0 Å². The molecule has 2 saturated heterocycles. The van der Waals surface area contributed by atoms with Gasteiger partial charge in [-0.3, -0.25) is 24.0 Å². The fourth-order valence-corrected chi connectivity index (χ4v) is 9.07. The quantitative estimate of drug-likeness (QED) is 0.0668. The lowest BCUT2D eigenvalue weighted by Gasteiger charge is -2.44. The molecule has 0 saturated carbocycles. The maximum atomic E-state index is 14.7. The Bertz CT molecular complexity index is 2760. The zero-order chi connectivity index (χ0) is 48.9. The number of carbonyl (C=O) groups is 8. The molecule has 4 aromatic rings. The largest absolute Gasteiger partial charge is 0.513 e. The Morgan fingerprint density at radius 2 is 1.43 bits per heavy atom. The van der Waals surface area contributed by atoms with E-state index >= 15 is 0 Å². The highest BCUT2D eigenvalue weighted by atomic mass is 32.2. The molecule has 23 nitrogen and oxygen atoms in total. The number of amides is 4. The molecule has 2 fully saturated rings. The molecule has 1 aromatic heterocycles. The lowest BCUT2D eigenvalue weighted by atomic mass is 9.95. The number of rotatable bonds is 15. The Hall–Kier alpha value is -7.89. The number of β-lactam (4-membered cyclic amide) rings is 1. The average molecular weight is 950 g/mol. The van der Waals surface area contributed by atoms with Crippen LogP contribution in [0.2, 0.25) is 0 Å². The van der Waals surface area contributed by atoms with Crippen LogP contribution in [-0.4, -0.2) is 124 Å². The molecule has 3 aromatic carbocycles. The van der Waals surface area contributed by atoms with E-state index in [1.165, 1.54) is 72.1 Å². The van der Waals surface area contributed by atoms with Crippen molar-refractivity contribution in [3.05, 3.63) is 98.8 Å². The van der Waals surface area contributed by atoms with E-state index in [9.17, 15) is 53.1 Å². The number of hydrogen-bond acceptors (Lipinski definition) is 18. The van der Waals surface area contributed by atoms with Gasteiger partial charge in [0.1, 0.15) is 29.5 Å². The number of aliphatic carboxylic acids is 1. The molecule has 0 spiro atoms. The number of thioether (sulfide) groups is 1. The second-order valence-electron chi connectivity index (χ2n) is 15.2. The van der Waals surface area contributed by atoms with Crippen molar-refractivity contribution in [1.29, 1.82) is 0 Å². The lowest BCUT2D eigenvalue weighted by Crippen LogP contribution is -2.71. The average Bonchev–Trinajstić information content (AvgIpc) is 3.57. The molecule has 3 heterocycles. The number of carboxylic acid groups (broad SMARTS) is 1. The number of methoxy groups -OCH3 is 3. The summed E-state index contributed by atoms with van der Waals surface area (Å²) in [5, 5.41) is 14.3. The van der Waals surface area contributed by atoms with Crippen molar-refractivity contribution >= 4 is 70.8 Å². The first-order valence-corrected chi connectivity index (χ1v) is 21.0. The molecule has 3 N–H and O–H groups in total. The van der Waals surface area contributed by atoms with Gasteiger partial charge in [-0.2, -0.15) is 0 Å². The molecule has 2 aliphatic rings.